The van der Waals surface area contributed by atoms with Gasteiger partial charge < -0.3 is 10.4 Å². The molecule has 0 saturated carbocycles. The van der Waals surface area contributed by atoms with Crippen molar-refractivity contribution < 1.29 is 5.11 Å². The van der Waals surface area contributed by atoms with E-state index in [1.54, 1.807) is 0 Å². The van der Waals surface area contributed by atoms with E-state index < -0.39 is 5.60 Å². The number of nitrogens with zero attached hydrogens (tertiary/aromatic N) is 1. The van der Waals surface area contributed by atoms with Crippen molar-refractivity contribution in [2.75, 3.05) is 33.2 Å². The number of aliphatic hydroxyl groups is 1. The minimum Gasteiger partial charge on any atom is -0.389 e. The Morgan fingerprint density at radius 3 is 2.93 bits per heavy atom. The largest absolute Gasteiger partial charge is 0.389 e. The lowest BCUT2D eigenvalue weighted by molar-refractivity contribution is -0.0125. The first-order chi connectivity index (χ1) is 6.53. The molecule has 1 atom stereocenters. The van der Waals surface area contributed by atoms with Crippen molar-refractivity contribution in [1.82, 2.24) is 10.2 Å². The molecule has 2 N–H and O–H groups in total. The van der Waals surface area contributed by atoms with E-state index in [2.05, 4.69) is 16.8 Å². The van der Waals surface area contributed by atoms with Gasteiger partial charge in [-0.3, -0.25) is 4.90 Å². The van der Waals surface area contributed by atoms with E-state index in [9.17, 15) is 5.11 Å². The maximum absolute atomic E-state index is 9.90. The summed E-state index contributed by atoms with van der Waals surface area (Å²) in [5.74, 6) is 0. The van der Waals surface area contributed by atoms with Crippen LogP contribution in [0.25, 0.3) is 0 Å². The van der Waals surface area contributed by atoms with Crippen molar-refractivity contribution in [3.63, 3.8) is 0 Å². The minimum atomic E-state index is -0.502. The van der Waals surface area contributed by atoms with Crippen LogP contribution in [0, 0.1) is 0 Å². The molecule has 1 saturated heterocycles. The van der Waals surface area contributed by atoms with Crippen LogP contribution in [0.3, 0.4) is 0 Å². The monoisotopic (exact) mass is 198 g/mol. The lowest BCUT2D eigenvalue weighted by atomic mass is 9.95. The minimum absolute atomic E-state index is 0.502. The van der Waals surface area contributed by atoms with E-state index in [0.29, 0.717) is 0 Å². The molecule has 3 heteroatoms. The molecule has 14 heavy (non-hydrogen) atoms. The molecule has 1 aliphatic heterocycles. The highest BCUT2D eigenvalue weighted by molar-refractivity contribution is 5.01. The fourth-order valence-electron chi connectivity index (χ4n) is 2.08. The topological polar surface area (TPSA) is 35.5 Å². The number of hydrogen-bond donors (Lipinski definition) is 2. The Hall–Kier alpha value is -0.380. The van der Waals surface area contributed by atoms with Crippen LogP contribution in [0.5, 0.6) is 0 Å². The lowest BCUT2D eigenvalue weighted by Gasteiger charge is -2.37. The molecule has 82 valence electrons. The van der Waals surface area contributed by atoms with Crippen molar-refractivity contribution in [1.29, 1.82) is 0 Å². The summed E-state index contributed by atoms with van der Waals surface area (Å²) in [6.45, 7) is 9.53. The second-order valence-corrected chi connectivity index (χ2v) is 4.59. The molecule has 1 fully saturated rings. The zero-order valence-electron chi connectivity index (χ0n) is 9.34. The highest BCUT2D eigenvalue weighted by atomic mass is 16.3. The average molecular weight is 198 g/mol. The van der Waals surface area contributed by atoms with Crippen molar-refractivity contribution >= 4 is 0 Å². The first kappa shape index (κ1) is 11.7. The Morgan fingerprint density at radius 2 is 2.36 bits per heavy atom. The SMILES string of the molecule is C=C(CNC)CN1CCCC(C)(O)C1. The van der Waals surface area contributed by atoms with E-state index in [1.807, 2.05) is 14.0 Å². The van der Waals surface area contributed by atoms with Crippen molar-refractivity contribution in [2.45, 2.75) is 25.4 Å². The number of β-amino-alcohol motifs (C(OH)–C–C–N with tert-alkyl or cyclic N) is 1. The Kier molecular flexibility index (Phi) is 4.11. The normalized spacial score (nSPS) is 29.1. The summed E-state index contributed by atoms with van der Waals surface area (Å²) >= 11 is 0. The quantitative estimate of drug-likeness (QED) is 0.650. The molecular formula is C11H22N2O. The number of likely N-dealkylation sites (tertiary alicyclic amines) is 1. The molecule has 0 aliphatic carbocycles. The number of nitrogens with one attached hydrogen (secondary N) is 1. The molecule has 1 heterocycles. The van der Waals surface area contributed by atoms with E-state index in [1.165, 1.54) is 5.57 Å². The maximum atomic E-state index is 9.90. The molecule has 0 radical (unpaired) electrons. The summed E-state index contributed by atoms with van der Waals surface area (Å²) in [5.41, 5.74) is 0.684. The van der Waals surface area contributed by atoms with Crippen molar-refractivity contribution in [3.05, 3.63) is 12.2 Å². The highest BCUT2D eigenvalue weighted by Crippen LogP contribution is 2.20. The summed E-state index contributed by atoms with van der Waals surface area (Å²) in [6.07, 6.45) is 2.00. The molecule has 1 rings (SSSR count). The number of hydrogen-bond acceptors (Lipinski definition) is 3. The van der Waals surface area contributed by atoms with Crippen LogP contribution in [-0.4, -0.2) is 48.8 Å². The Morgan fingerprint density at radius 1 is 1.64 bits per heavy atom. The molecular weight excluding hydrogens is 176 g/mol. The van der Waals surface area contributed by atoms with E-state index in [4.69, 9.17) is 0 Å². The molecule has 0 aromatic carbocycles. The molecule has 0 aromatic heterocycles. The fraction of sp³-hybridized carbons (Fsp3) is 0.818. The van der Waals surface area contributed by atoms with Crippen LogP contribution < -0.4 is 5.32 Å². The first-order valence-electron chi connectivity index (χ1n) is 5.29. The molecule has 1 aliphatic rings. The van der Waals surface area contributed by atoms with Gasteiger partial charge >= 0.3 is 0 Å². The summed E-state index contributed by atoms with van der Waals surface area (Å²) in [6, 6.07) is 0. The van der Waals surface area contributed by atoms with Gasteiger partial charge in [0, 0.05) is 19.6 Å². The van der Waals surface area contributed by atoms with Gasteiger partial charge in [-0.05, 0) is 38.9 Å². The van der Waals surface area contributed by atoms with Gasteiger partial charge in [0.25, 0.3) is 0 Å². The zero-order valence-corrected chi connectivity index (χ0v) is 9.34. The van der Waals surface area contributed by atoms with Gasteiger partial charge in [0.2, 0.25) is 0 Å². The summed E-state index contributed by atoms with van der Waals surface area (Å²) in [4.78, 5) is 2.28. The molecule has 0 bridgehead atoms. The van der Waals surface area contributed by atoms with Crippen LogP contribution in [0.15, 0.2) is 12.2 Å². The average Bonchev–Trinajstić information content (AvgIpc) is 2.02. The van der Waals surface area contributed by atoms with E-state index >= 15 is 0 Å². The van der Waals surface area contributed by atoms with Crippen LogP contribution in [-0.2, 0) is 0 Å². The molecule has 3 nitrogen and oxygen atoms in total. The predicted molar refractivity (Wildman–Crippen MR) is 59.4 cm³/mol. The predicted octanol–water partition coefficient (Wildman–Crippen LogP) is 0.609. The molecule has 0 amide bonds. The van der Waals surface area contributed by atoms with E-state index in [0.717, 1.165) is 39.0 Å². The summed E-state index contributed by atoms with van der Waals surface area (Å²) in [5, 5.41) is 13.0. The van der Waals surface area contributed by atoms with Crippen molar-refractivity contribution in [2.24, 2.45) is 0 Å². The standard InChI is InChI=1S/C11H22N2O/c1-10(7-12-3)8-13-6-4-5-11(2,14)9-13/h12,14H,1,4-9H2,2-3H3. The third kappa shape index (κ3) is 3.78. The van der Waals surface area contributed by atoms with Gasteiger partial charge in [0.15, 0.2) is 0 Å². The van der Waals surface area contributed by atoms with Gasteiger partial charge in [-0.2, -0.15) is 0 Å². The second kappa shape index (κ2) is 4.91. The zero-order chi connectivity index (χ0) is 10.6. The van der Waals surface area contributed by atoms with Gasteiger partial charge in [-0.25, -0.2) is 0 Å². The second-order valence-electron chi connectivity index (χ2n) is 4.59. The number of likely N-dealkylation sites (N-methyl/N-ethyl adjacent to an activating group) is 1. The van der Waals surface area contributed by atoms with Gasteiger partial charge in [-0.15, -0.1) is 0 Å². The number of piperidine rings is 1. The smallest absolute Gasteiger partial charge is 0.0746 e. The highest BCUT2D eigenvalue weighted by Gasteiger charge is 2.28. The fourth-order valence-corrected chi connectivity index (χ4v) is 2.08. The van der Waals surface area contributed by atoms with Gasteiger partial charge in [0.1, 0.15) is 0 Å². The molecule has 0 aromatic rings. The van der Waals surface area contributed by atoms with Crippen LogP contribution >= 0.6 is 0 Å². The Labute approximate surface area is 86.8 Å². The van der Waals surface area contributed by atoms with Crippen LogP contribution in [0.2, 0.25) is 0 Å². The first-order valence-corrected chi connectivity index (χ1v) is 5.29. The molecule has 0 spiro atoms. The molecule has 1 unspecified atom stereocenters. The maximum Gasteiger partial charge on any atom is 0.0746 e. The lowest BCUT2D eigenvalue weighted by Crippen LogP contribution is -2.46. The van der Waals surface area contributed by atoms with Gasteiger partial charge in [0.05, 0.1) is 5.60 Å². The summed E-state index contributed by atoms with van der Waals surface area (Å²) in [7, 11) is 1.93. The van der Waals surface area contributed by atoms with Crippen LogP contribution in [0.1, 0.15) is 19.8 Å². The third-order valence-electron chi connectivity index (χ3n) is 2.63. The Bertz CT molecular complexity index is 201. The van der Waals surface area contributed by atoms with Gasteiger partial charge in [-0.1, -0.05) is 6.58 Å². The van der Waals surface area contributed by atoms with Crippen LogP contribution in [0.4, 0.5) is 0 Å². The third-order valence-corrected chi connectivity index (χ3v) is 2.63. The van der Waals surface area contributed by atoms with Crippen molar-refractivity contribution in [3.8, 4) is 0 Å². The summed E-state index contributed by atoms with van der Waals surface area (Å²) < 4.78 is 0. The van der Waals surface area contributed by atoms with E-state index in [-0.39, 0.29) is 0 Å². The Balaban J connectivity index is 2.34. The number of rotatable bonds is 4.